The second-order valence-electron chi connectivity index (χ2n) is 8.28. The van der Waals surface area contributed by atoms with Crippen molar-refractivity contribution in [3.8, 4) is 0 Å². The quantitative estimate of drug-likeness (QED) is 0.826. The van der Waals surface area contributed by atoms with Gasteiger partial charge in [-0.05, 0) is 26.7 Å². The molecule has 0 saturated carbocycles. The molecule has 1 amide bonds. The maximum absolute atomic E-state index is 12.0. The molecule has 0 radical (unpaired) electrons. The van der Waals surface area contributed by atoms with Crippen LogP contribution in [0.25, 0.3) is 0 Å². The third kappa shape index (κ3) is 4.89. The molecule has 8 heteroatoms. The van der Waals surface area contributed by atoms with E-state index in [9.17, 15) is 14.7 Å². The van der Waals surface area contributed by atoms with Gasteiger partial charge in [0.1, 0.15) is 11.5 Å². The smallest absolute Gasteiger partial charge is 0.410 e. The monoisotopic (exact) mass is 367 g/mol. The Morgan fingerprint density at radius 2 is 2.04 bits per heavy atom. The predicted octanol–water partition coefficient (Wildman–Crippen LogP) is 2.80. The molecule has 0 aromatic carbocycles. The van der Waals surface area contributed by atoms with Crippen molar-refractivity contribution in [2.45, 2.75) is 46.1 Å². The van der Waals surface area contributed by atoms with Gasteiger partial charge in [-0.25, -0.2) is 4.79 Å². The van der Waals surface area contributed by atoms with Gasteiger partial charge in [0, 0.05) is 38.7 Å². The molecule has 146 valence electrons. The lowest BCUT2D eigenvalue weighted by molar-refractivity contribution is -0.140. The number of carboxylic acids is 1. The Morgan fingerprint density at radius 3 is 2.54 bits per heavy atom. The second kappa shape index (κ2) is 7.55. The zero-order valence-electron chi connectivity index (χ0n) is 16.4. The molecule has 1 unspecified atom stereocenters. The van der Waals surface area contributed by atoms with Gasteiger partial charge in [0.15, 0.2) is 11.6 Å². The third-order valence-corrected chi connectivity index (χ3v) is 4.27. The number of carbonyl (C=O) groups is 2. The van der Waals surface area contributed by atoms with Crippen molar-refractivity contribution in [2.75, 3.05) is 31.6 Å². The summed E-state index contributed by atoms with van der Waals surface area (Å²) in [6.07, 6.45) is -0.332. The topological polar surface area (TPSA) is 96.1 Å². The maximum Gasteiger partial charge on any atom is 0.410 e. The van der Waals surface area contributed by atoms with Crippen molar-refractivity contribution in [3.63, 3.8) is 0 Å². The summed E-state index contributed by atoms with van der Waals surface area (Å²) in [5.41, 5.74) is -0.509. The van der Waals surface area contributed by atoms with Gasteiger partial charge in [0.25, 0.3) is 0 Å². The van der Waals surface area contributed by atoms with Crippen LogP contribution in [0.15, 0.2) is 10.6 Å². The molecular weight excluding hydrogens is 338 g/mol. The normalized spacial score (nSPS) is 16.3. The highest BCUT2D eigenvalue weighted by Gasteiger charge is 2.34. The Labute approximate surface area is 154 Å². The lowest BCUT2D eigenvalue weighted by Gasteiger charge is -2.40. The van der Waals surface area contributed by atoms with Crippen LogP contribution in [0.4, 0.5) is 10.6 Å². The molecule has 1 aromatic rings. The van der Waals surface area contributed by atoms with Crippen LogP contribution in [-0.4, -0.2) is 59.5 Å². The third-order valence-electron chi connectivity index (χ3n) is 4.27. The molecule has 1 saturated heterocycles. The zero-order chi connectivity index (χ0) is 19.6. The zero-order valence-corrected chi connectivity index (χ0v) is 16.4. The highest BCUT2D eigenvalue weighted by Crippen LogP contribution is 2.30. The van der Waals surface area contributed by atoms with Gasteiger partial charge in [-0.3, -0.25) is 4.79 Å². The lowest BCUT2D eigenvalue weighted by Crippen LogP contribution is -2.52. The van der Waals surface area contributed by atoms with Crippen molar-refractivity contribution in [3.05, 3.63) is 11.8 Å². The van der Waals surface area contributed by atoms with Crippen molar-refractivity contribution >= 4 is 17.9 Å². The first-order chi connectivity index (χ1) is 12.0. The number of aliphatic carboxylic acids is 1. The van der Waals surface area contributed by atoms with Gasteiger partial charge in [-0.15, -0.1) is 0 Å². The Balaban J connectivity index is 1.87. The summed E-state index contributed by atoms with van der Waals surface area (Å²) in [6, 6.07) is 1.70. The summed E-state index contributed by atoms with van der Waals surface area (Å²) in [5, 5.41) is 13.3. The molecule has 1 N–H and O–H groups in total. The van der Waals surface area contributed by atoms with Crippen LogP contribution >= 0.6 is 0 Å². The van der Waals surface area contributed by atoms with Crippen molar-refractivity contribution in [2.24, 2.45) is 11.8 Å². The average molecular weight is 367 g/mol. The summed E-state index contributed by atoms with van der Waals surface area (Å²) >= 11 is 0. The predicted molar refractivity (Wildman–Crippen MR) is 96.3 cm³/mol. The van der Waals surface area contributed by atoms with Crippen LogP contribution in [0.3, 0.4) is 0 Å². The number of anilines is 1. The van der Waals surface area contributed by atoms with Gasteiger partial charge in [-0.1, -0.05) is 19.0 Å². The van der Waals surface area contributed by atoms with Crippen LogP contribution in [0, 0.1) is 11.8 Å². The van der Waals surface area contributed by atoms with E-state index >= 15 is 0 Å². The Kier molecular flexibility index (Phi) is 5.83. The van der Waals surface area contributed by atoms with Gasteiger partial charge >= 0.3 is 12.1 Å². The van der Waals surface area contributed by atoms with E-state index in [1.165, 1.54) is 0 Å². The molecule has 26 heavy (non-hydrogen) atoms. The van der Waals surface area contributed by atoms with Gasteiger partial charge in [0.05, 0.1) is 0 Å². The fourth-order valence-corrected chi connectivity index (χ4v) is 2.98. The van der Waals surface area contributed by atoms with Crippen molar-refractivity contribution in [1.29, 1.82) is 0 Å². The maximum atomic E-state index is 12.0. The molecule has 2 rings (SSSR count). The number of nitrogens with zero attached hydrogens (tertiary/aromatic N) is 3. The number of ether oxygens (including phenoxy) is 1. The molecule has 1 fully saturated rings. The molecule has 1 atom stereocenters. The summed E-state index contributed by atoms with van der Waals surface area (Å²) in [6.45, 7) is 11.3. The summed E-state index contributed by atoms with van der Waals surface area (Å²) in [7, 11) is 1.73. The minimum Gasteiger partial charge on any atom is -0.481 e. The standard InChI is InChI=1S/C18H29N3O5/c1-11(2)15(16(22)23)13-7-14(19-26-13)21-9-12(10-21)8-20(6)17(24)25-18(3,4)5/h7,11-12,15H,8-10H2,1-6H3,(H,22,23). The number of rotatable bonds is 6. The van der Waals surface area contributed by atoms with Crippen molar-refractivity contribution < 1.29 is 24.0 Å². The Morgan fingerprint density at radius 1 is 1.42 bits per heavy atom. The van der Waals surface area contributed by atoms with E-state index in [1.807, 2.05) is 39.5 Å². The van der Waals surface area contributed by atoms with Gasteiger partial charge < -0.3 is 24.2 Å². The minimum atomic E-state index is -0.914. The summed E-state index contributed by atoms with van der Waals surface area (Å²) in [5.74, 6) is -0.373. The minimum absolute atomic E-state index is 0.0834. The van der Waals surface area contributed by atoms with Gasteiger partial charge in [0.2, 0.25) is 0 Å². The first-order valence-corrected chi connectivity index (χ1v) is 8.86. The second-order valence-corrected chi connectivity index (χ2v) is 8.28. The van der Waals surface area contributed by atoms with Crippen LogP contribution in [-0.2, 0) is 9.53 Å². The molecular formula is C18H29N3O5. The molecule has 1 aliphatic rings. The molecule has 2 heterocycles. The number of hydrogen-bond acceptors (Lipinski definition) is 6. The molecule has 1 aromatic heterocycles. The van der Waals surface area contributed by atoms with E-state index < -0.39 is 17.5 Å². The van der Waals surface area contributed by atoms with E-state index in [4.69, 9.17) is 9.26 Å². The molecule has 0 bridgehead atoms. The van der Waals surface area contributed by atoms with Crippen LogP contribution in [0.2, 0.25) is 0 Å². The highest BCUT2D eigenvalue weighted by molar-refractivity contribution is 5.75. The number of carboxylic acid groups (broad SMARTS) is 1. The van der Waals surface area contributed by atoms with Gasteiger partial charge in [-0.2, -0.15) is 0 Å². The van der Waals surface area contributed by atoms with Crippen LogP contribution in [0.1, 0.15) is 46.3 Å². The fraction of sp³-hybridized carbons (Fsp3) is 0.722. The molecule has 1 aliphatic heterocycles. The molecule has 0 aliphatic carbocycles. The number of amides is 1. The van der Waals surface area contributed by atoms with E-state index in [-0.39, 0.29) is 12.0 Å². The van der Waals surface area contributed by atoms with Crippen LogP contribution in [0.5, 0.6) is 0 Å². The number of carbonyl (C=O) groups excluding carboxylic acids is 1. The first kappa shape index (κ1) is 20.1. The average Bonchev–Trinajstić information content (AvgIpc) is 2.87. The van der Waals surface area contributed by atoms with E-state index in [0.717, 1.165) is 13.1 Å². The Bertz CT molecular complexity index is 643. The summed E-state index contributed by atoms with van der Waals surface area (Å²) < 4.78 is 10.6. The SMILES string of the molecule is CC(C)C(C(=O)O)c1cc(N2CC(CN(C)C(=O)OC(C)(C)C)C2)no1. The largest absolute Gasteiger partial charge is 0.481 e. The number of aromatic nitrogens is 1. The number of hydrogen-bond donors (Lipinski definition) is 1. The highest BCUT2D eigenvalue weighted by atomic mass is 16.6. The molecule has 0 spiro atoms. The fourth-order valence-electron chi connectivity index (χ4n) is 2.98. The summed E-state index contributed by atoms with van der Waals surface area (Å²) in [4.78, 5) is 27.0. The van der Waals surface area contributed by atoms with E-state index in [2.05, 4.69) is 5.16 Å². The first-order valence-electron chi connectivity index (χ1n) is 8.86. The van der Waals surface area contributed by atoms with E-state index in [1.54, 1.807) is 18.0 Å². The van der Waals surface area contributed by atoms with E-state index in [0.29, 0.717) is 24.0 Å². The lowest BCUT2D eigenvalue weighted by atomic mass is 9.93. The Hall–Kier alpha value is -2.25. The van der Waals surface area contributed by atoms with Crippen LogP contribution < -0.4 is 4.90 Å². The van der Waals surface area contributed by atoms with Crippen molar-refractivity contribution in [1.82, 2.24) is 10.1 Å². The molecule has 8 nitrogen and oxygen atoms in total.